The number of sulfonamides is 1. The van der Waals surface area contributed by atoms with Gasteiger partial charge in [0.1, 0.15) is 4.83 Å². The minimum atomic E-state index is -3.65. The highest BCUT2D eigenvalue weighted by Crippen LogP contribution is 2.38. The number of H-pyrrole nitrogens is 1. The fourth-order valence-electron chi connectivity index (χ4n) is 4.69. The van der Waals surface area contributed by atoms with Gasteiger partial charge >= 0.3 is 5.69 Å². The van der Waals surface area contributed by atoms with Crippen LogP contribution in [0.5, 0.6) is 0 Å². The number of morpholine rings is 1. The van der Waals surface area contributed by atoms with E-state index in [-0.39, 0.29) is 10.6 Å². The van der Waals surface area contributed by atoms with Gasteiger partial charge in [0.05, 0.1) is 23.5 Å². The van der Waals surface area contributed by atoms with Gasteiger partial charge in [-0.3, -0.25) is 4.98 Å². The van der Waals surface area contributed by atoms with E-state index in [9.17, 15) is 13.2 Å². The maximum atomic E-state index is 13.1. The molecule has 0 spiro atoms. The van der Waals surface area contributed by atoms with Gasteiger partial charge in [-0.05, 0) is 42.9 Å². The van der Waals surface area contributed by atoms with E-state index in [0.717, 1.165) is 29.5 Å². The maximum absolute atomic E-state index is 13.1. The highest BCUT2D eigenvalue weighted by atomic mass is 32.2. The molecule has 2 aliphatic rings. The van der Waals surface area contributed by atoms with Crippen LogP contribution in [0.1, 0.15) is 23.8 Å². The Bertz CT molecular complexity index is 1550. The molecule has 1 saturated heterocycles. The van der Waals surface area contributed by atoms with Crippen LogP contribution >= 0.6 is 11.3 Å². The van der Waals surface area contributed by atoms with Crippen molar-refractivity contribution in [2.24, 2.45) is 5.92 Å². The van der Waals surface area contributed by atoms with Crippen LogP contribution in [0.2, 0.25) is 0 Å². The lowest BCUT2D eigenvalue weighted by Crippen LogP contribution is -2.40. The maximum Gasteiger partial charge on any atom is 0.349 e. The summed E-state index contributed by atoms with van der Waals surface area (Å²) >= 11 is 1.63. The lowest BCUT2D eigenvalue weighted by Gasteiger charge is -2.26. The average molecular weight is 486 g/mol. The number of nitrogens with zero attached hydrogens (tertiary/aromatic N) is 4. The zero-order valence-electron chi connectivity index (χ0n) is 18.1. The third kappa shape index (κ3) is 3.41. The van der Waals surface area contributed by atoms with E-state index in [2.05, 4.69) is 17.0 Å². The van der Waals surface area contributed by atoms with E-state index in [1.54, 1.807) is 35.6 Å². The van der Waals surface area contributed by atoms with Crippen molar-refractivity contribution in [3.63, 3.8) is 0 Å². The van der Waals surface area contributed by atoms with E-state index >= 15 is 0 Å². The Kier molecular flexibility index (Phi) is 4.91. The number of ether oxygens (including phenoxy) is 1. The highest BCUT2D eigenvalue weighted by Gasteiger charge is 2.28. The second kappa shape index (κ2) is 7.73. The van der Waals surface area contributed by atoms with E-state index in [4.69, 9.17) is 9.72 Å². The van der Waals surface area contributed by atoms with Gasteiger partial charge in [-0.25, -0.2) is 18.2 Å². The first kappa shape index (κ1) is 21.0. The summed E-state index contributed by atoms with van der Waals surface area (Å²) in [7, 11) is -3.65. The molecule has 172 valence electrons. The molecule has 6 rings (SSSR count). The Balaban J connectivity index is 1.48. The normalized spacial score (nSPS) is 19.8. The first-order valence-corrected chi connectivity index (χ1v) is 13.3. The molecule has 1 fully saturated rings. The first-order valence-electron chi connectivity index (χ1n) is 11.0. The van der Waals surface area contributed by atoms with E-state index in [1.165, 1.54) is 19.3 Å². The van der Waals surface area contributed by atoms with Crippen LogP contribution in [0.3, 0.4) is 0 Å². The second-order valence-electron chi connectivity index (χ2n) is 8.70. The molecule has 11 heteroatoms. The quantitative estimate of drug-likeness (QED) is 0.477. The molecule has 3 aromatic heterocycles. The number of benzene rings is 1. The first-order chi connectivity index (χ1) is 15.9. The summed E-state index contributed by atoms with van der Waals surface area (Å²) in [5.74, 6) is 0.953. The molecule has 0 bridgehead atoms. The van der Waals surface area contributed by atoms with Crippen LogP contribution in [0.4, 0.5) is 0 Å². The third-order valence-electron chi connectivity index (χ3n) is 6.46. The molecule has 0 amide bonds. The molecule has 0 saturated carbocycles. The van der Waals surface area contributed by atoms with Crippen molar-refractivity contribution in [1.29, 1.82) is 0 Å². The molecule has 1 aromatic carbocycles. The summed E-state index contributed by atoms with van der Waals surface area (Å²) in [5.41, 5.74) is 1.98. The molecule has 1 N–H and O–H groups in total. The largest absolute Gasteiger partial charge is 0.379 e. The van der Waals surface area contributed by atoms with Gasteiger partial charge in [-0.2, -0.15) is 8.82 Å². The fraction of sp³-hybridized carbons (Fsp3) is 0.409. The van der Waals surface area contributed by atoms with Crippen molar-refractivity contribution >= 4 is 37.2 Å². The monoisotopic (exact) mass is 485 g/mol. The standard InChI is InChI=1S/C22H23N5O4S2/c1-13-5-6-16-17(11-13)32-21-18(16)20-23-19(25-27(20)22(28)24-21)14-3-2-4-15(12-14)33(29,30)26-7-9-31-10-8-26/h2-4,12-13H,5-11H2,1H3,(H,24,28)/t13-/m1/s1. The lowest BCUT2D eigenvalue weighted by atomic mass is 9.89. The Labute approximate surface area is 194 Å². The Hall–Kier alpha value is -2.60. The molecule has 1 atom stereocenters. The summed E-state index contributed by atoms with van der Waals surface area (Å²) in [6.45, 7) is 3.67. The van der Waals surface area contributed by atoms with E-state index in [1.807, 2.05) is 0 Å². The zero-order chi connectivity index (χ0) is 22.7. The van der Waals surface area contributed by atoms with Crippen LogP contribution in [0, 0.1) is 5.92 Å². The zero-order valence-corrected chi connectivity index (χ0v) is 19.7. The van der Waals surface area contributed by atoms with Crippen molar-refractivity contribution in [3.8, 4) is 11.4 Å². The van der Waals surface area contributed by atoms with Gasteiger partial charge in [-0.15, -0.1) is 16.4 Å². The highest BCUT2D eigenvalue weighted by molar-refractivity contribution is 7.89. The smallest absolute Gasteiger partial charge is 0.349 e. The Morgan fingerprint density at radius 3 is 2.88 bits per heavy atom. The number of aryl methyl sites for hydroxylation is 1. The molecular weight excluding hydrogens is 462 g/mol. The van der Waals surface area contributed by atoms with E-state index < -0.39 is 10.0 Å². The average Bonchev–Trinajstić information content (AvgIpc) is 3.41. The number of aromatic nitrogens is 4. The predicted molar refractivity (Wildman–Crippen MR) is 125 cm³/mol. The predicted octanol–water partition coefficient (Wildman–Crippen LogP) is 2.45. The van der Waals surface area contributed by atoms with Crippen molar-refractivity contribution in [2.75, 3.05) is 26.3 Å². The third-order valence-corrected chi connectivity index (χ3v) is 9.52. The molecular formula is C22H23N5O4S2. The van der Waals surface area contributed by atoms with Crippen LogP contribution in [-0.4, -0.2) is 58.6 Å². The molecule has 4 aromatic rings. The number of thiophene rings is 1. The van der Waals surface area contributed by atoms with Crippen LogP contribution < -0.4 is 5.69 Å². The minimum Gasteiger partial charge on any atom is -0.379 e. The topological polar surface area (TPSA) is 110 Å². The molecule has 9 nitrogen and oxygen atoms in total. The number of hydrogen-bond acceptors (Lipinski definition) is 7. The van der Waals surface area contributed by atoms with Gasteiger partial charge < -0.3 is 4.74 Å². The van der Waals surface area contributed by atoms with Crippen LogP contribution in [-0.2, 0) is 27.6 Å². The number of rotatable bonds is 3. The summed E-state index contributed by atoms with van der Waals surface area (Å²) < 4.78 is 34.2. The van der Waals surface area contributed by atoms with Crippen LogP contribution in [0.25, 0.3) is 27.3 Å². The van der Waals surface area contributed by atoms with Crippen molar-refractivity contribution in [2.45, 2.75) is 31.1 Å². The summed E-state index contributed by atoms with van der Waals surface area (Å²) in [4.78, 5) is 22.7. The molecule has 1 aliphatic heterocycles. The molecule has 33 heavy (non-hydrogen) atoms. The Morgan fingerprint density at radius 2 is 2.06 bits per heavy atom. The molecule has 1 aliphatic carbocycles. The summed E-state index contributed by atoms with van der Waals surface area (Å²) in [6, 6.07) is 6.60. The SMILES string of the molecule is C[C@@H]1CCc2c(sc3[nH]c(=O)n4nc(-c5cccc(S(=O)(=O)N6CCOCC6)c5)nc4c23)C1. The molecule has 4 heterocycles. The van der Waals surface area contributed by atoms with Crippen molar-refractivity contribution in [3.05, 3.63) is 45.2 Å². The van der Waals surface area contributed by atoms with Gasteiger partial charge in [0.25, 0.3) is 0 Å². The van der Waals surface area contributed by atoms with Crippen molar-refractivity contribution < 1.29 is 13.2 Å². The van der Waals surface area contributed by atoms with Crippen molar-refractivity contribution in [1.82, 2.24) is 23.9 Å². The van der Waals surface area contributed by atoms with Gasteiger partial charge in [-0.1, -0.05) is 19.1 Å². The summed E-state index contributed by atoms with van der Waals surface area (Å²) in [6.07, 6.45) is 3.06. The minimum absolute atomic E-state index is 0.182. The molecule has 0 unspecified atom stereocenters. The summed E-state index contributed by atoms with van der Waals surface area (Å²) in [5, 5.41) is 5.41. The van der Waals surface area contributed by atoms with E-state index in [0.29, 0.717) is 49.3 Å². The molecule has 0 radical (unpaired) electrons. The van der Waals surface area contributed by atoms with Crippen LogP contribution in [0.15, 0.2) is 34.0 Å². The number of aromatic amines is 1. The number of fused-ring (bicyclic) bond motifs is 5. The number of nitrogens with one attached hydrogen (secondary N) is 1. The number of hydrogen-bond donors (Lipinski definition) is 1. The van der Waals surface area contributed by atoms with Gasteiger partial charge in [0.2, 0.25) is 10.0 Å². The second-order valence-corrected chi connectivity index (χ2v) is 11.7. The van der Waals surface area contributed by atoms with Gasteiger partial charge in [0, 0.05) is 23.5 Å². The van der Waals surface area contributed by atoms with Gasteiger partial charge in [0.15, 0.2) is 11.5 Å². The fourth-order valence-corrected chi connectivity index (χ4v) is 7.55. The lowest BCUT2D eigenvalue weighted by molar-refractivity contribution is 0.0730. The Morgan fingerprint density at radius 1 is 1.24 bits per heavy atom.